The molecule has 0 spiro atoms. The number of nitrogens with zero attached hydrogens (tertiary/aromatic N) is 2. The first-order valence-corrected chi connectivity index (χ1v) is 9.34. The second-order valence-corrected chi connectivity index (χ2v) is 6.67. The maximum atomic E-state index is 14.8. The number of hydrogen-bond donors (Lipinski definition) is 3. The van der Waals surface area contributed by atoms with Crippen LogP contribution in [0.2, 0.25) is 0 Å². The molecule has 4 rings (SSSR count). The molecule has 0 aliphatic carbocycles. The molecule has 2 heterocycles. The maximum Gasteiger partial charge on any atom is 0.417 e. The summed E-state index contributed by atoms with van der Waals surface area (Å²) in [4.78, 5) is 22.6. The number of fused-ring (bicyclic) bond motifs is 1. The van der Waals surface area contributed by atoms with Gasteiger partial charge in [-0.25, -0.2) is 14.2 Å². The van der Waals surface area contributed by atoms with Gasteiger partial charge in [-0.1, -0.05) is 13.0 Å². The number of hydrogen-bond acceptors (Lipinski definition) is 7. The highest BCUT2D eigenvalue weighted by Crippen LogP contribution is 2.31. The van der Waals surface area contributed by atoms with Gasteiger partial charge in [-0.05, 0) is 43.2 Å². The van der Waals surface area contributed by atoms with Crippen LogP contribution in [0, 0.1) is 12.7 Å². The minimum Gasteiger partial charge on any atom is -0.493 e. The van der Waals surface area contributed by atoms with Crippen LogP contribution in [0.1, 0.15) is 18.1 Å². The number of anilines is 4. The standard InChI is InChI=1S/C21H20FN5O3/c1-4-12-5-7-14(17(22)18(12)29-3)25-20-23-10-11(2)19(27-20)24-13-6-8-16-15(9-13)26-21(28)30-16/h5-10H,4H2,1-3H3,(H,26,28)(H2,23,24,25,27). The molecule has 2 aromatic carbocycles. The third kappa shape index (κ3) is 3.69. The summed E-state index contributed by atoms with van der Waals surface area (Å²) in [6.45, 7) is 3.78. The maximum absolute atomic E-state index is 14.8. The van der Waals surface area contributed by atoms with Gasteiger partial charge in [-0.15, -0.1) is 0 Å². The van der Waals surface area contributed by atoms with Gasteiger partial charge in [-0.3, -0.25) is 4.98 Å². The molecule has 154 valence electrons. The molecule has 2 aromatic heterocycles. The Labute approximate surface area is 171 Å². The zero-order valence-electron chi connectivity index (χ0n) is 16.7. The minimum absolute atomic E-state index is 0.204. The van der Waals surface area contributed by atoms with Crippen molar-refractivity contribution in [1.82, 2.24) is 15.0 Å². The van der Waals surface area contributed by atoms with Crippen molar-refractivity contribution in [2.75, 3.05) is 17.7 Å². The zero-order valence-corrected chi connectivity index (χ0v) is 16.7. The lowest BCUT2D eigenvalue weighted by atomic mass is 10.1. The smallest absolute Gasteiger partial charge is 0.417 e. The predicted molar refractivity (Wildman–Crippen MR) is 112 cm³/mol. The summed E-state index contributed by atoms with van der Waals surface area (Å²) in [7, 11) is 1.44. The molecular formula is C21H20FN5O3. The Morgan fingerprint density at radius 2 is 2.07 bits per heavy atom. The average molecular weight is 409 g/mol. The average Bonchev–Trinajstić information content (AvgIpc) is 3.11. The monoisotopic (exact) mass is 409 g/mol. The van der Waals surface area contributed by atoms with E-state index in [1.807, 2.05) is 13.8 Å². The van der Waals surface area contributed by atoms with Gasteiger partial charge in [0.1, 0.15) is 5.82 Å². The summed E-state index contributed by atoms with van der Waals surface area (Å²) >= 11 is 0. The Morgan fingerprint density at radius 1 is 1.23 bits per heavy atom. The van der Waals surface area contributed by atoms with Gasteiger partial charge < -0.3 is 19.8 Å². The third-order valence-corrected chi connectivity index (χ3v) is 4.66. The largest absolute Gasteiger partial charge is 0.493 e. The van der Waals surface area contributed by atoms with E-state index in [0.717, 1.165) is 11.1 Å². The van der Waals surface area contributed by atoms with Gasteiger partial charge in [0.2, 0.25) is 5.95 Å². The zero-order chi connectivity index (χ0) is 21.3. The van der Waals surface area contributed by atoms with Gasteiger partial charge in [0.25, 0.3) is 0 Å². The van der Waals surface area contributed by atoms with E-state index in [1.165, 1.54) is 7.11 Å². The van der Waals surface area contributed by atoms with Crippen molar-refractivity contribution in [2.45, 2.75) is 20.3 Å². The number of benzene rings is 2. The van der Waals surface area contributed by atoms with Crippen molar-refractivity contribution in [3.05, 3.63) is 64.0 Å². The van der Waals surface area contributed by atoms with E-state index in [0.29, 0.717) is 29.0 Å². The first-order chi connectivity index (χ1) is 14.5. The molecule has 30 heavy (non-hydrogen) atoms. The molecular weight excluding hydrogens is 389 g/mol. The van der Waals surface area contributed by atoms with E-state index in [1.54, 1.807) is 36.5 Å². The Kier molecular flexibility index (Phi) is 5.09. The normalized spacial score (nSPS) is 10.9. The molecule has 0 aliphatic heterocycles. The molecule has 0 bridgehead atoms. The number of oxazole rings is 1. The van der Waals surface area contributed by atoms with Gasteiger partial charge >= 0.3 is 5.76 Å². The summed E-state index contributed by atoms with van der Waals surface area (Å²) in [6.07, 6.45) is 2.28. The summed E-state index contributed by atoms with van der Waals surface area (Å²) in [5, 5.41) is 6.09. The first-order valence-electron chi connectivity index (χ1n) is 9.34. The highest BCUT2D eigenvalue weighted by Gasteiger charge is 2.15. The van der Waals surface area contributed by atoms with Crippen molar-refractivity contribution in [3.63, 3.8) is 0 Å². The molecule has 0 aliphatic rings. The van der Waals surface area contributed by atoms with E-state index >= 15 is 0 Å². The number of aromatic amines is 1. The number of H-pyrrole nitrogens is 1. The molecule has 0 fully saturated rings. The van der Waals surface area contributed by atoms with Gasteiger partial charge in [0.05, 0.1) is 18.3 Å². The van der Waals surface area contributed by atoms with E-state index in [2.05, 4.69) is 25.6 Å². The molecule has 0 saturated carbocycles. The van der Waals surface area contributed by atoms with Crippen LogP contribution < -0.4 is 21.1 Å². The SMILES string of the molecule is CCc1ccc(Nc2ncc(C)c(Nc3ccc4oc(=O)[nH]c4c3)n2)c(F)c1OC. The topological polar surface area (TPSA) is 105 Å². The van der Waals surface area contributed by atoms with Crippen LogP contribution in [0.5, 0.6) is 5.75 Å². The van der Waals surface area contributed by atoms with E-state index in [-0.39, 0.29) is 17.4 Å². The van der Waals surface area contributed by atoms with E-state index in [9.17, 15) is 9.18 Å². The fraction of sp³-hybridized carbons (Fsp3) is 0.190. The number of nitrogens with one attached hydrogen (secondary N) is 3. The van der Waals surface area contributed by atoms with Crippen molar-refractivity contribution in [2.24, 2.45) is 0 Å². The van der Waals surface area contributed by atoms with Gasteiger partial charge in [0, 0.05) is 17.4 Å². The lowest BCUT2D eigenvalue weighted by Crippen LogP contribution is -2.05. The Balaban J connectivity index is 1.62. The number of methoxy groups -OCH3 is 1. The predicted octanol–water partition coefficient (Wildman–Crippen LogP) is 4.42. The van der Waals surface area contributed by atoms with Crippen LogP contribution >= 0.6 is 0 Å². The summed E-state index contributed by atoms with van der Waals surface area (Å²) in [6, 6.07) is 8.63. The molecule has 0 unspecified atom stereocenters. The van der Waals surface area contributed by atoms with Crippen LogP contribution in [-0.4, -0.2) is 22.1 Å². The van der Waals surface area contributed by atoms with Crippen molar-refractivity contribution in [1.29, 1.82) is 0 Å². The fourth-order valence-electron chi connectivity index (χ4n) is 3.11. The van der Waals surface area contributed by atoms with Crippen LogP contribution in [0.25, 0.3) is 11.1 Å². The first kappa shape index (κ1) is 19.4. The lowest BCUT2D eigenvalue weighted by molar-refractivity contribution is 0.383. The second kappa shape index (κ2) is 7.86. The lowest BCUT2D eigenvalue weighted by Gasteiger charge is -2.14. The number of ether oxygens (including phenoxy) is 1. The molecule has 3 N–H and O–H groups in total. The van der Waals surface area contributed by atoms with E-state index < -0.39 is 11.6 Å². The highest BCUT2D eigenvalue weighted by atomic mass is 19.1. The Hall–Kier alpha value is -3.88. The number of rotatable bonds is 6. The summed E-state index contributed by atoms with van der Waals surface area (Å²) < 4.78 is 25.0. The van der Waals surface area contributed by atoms with Crippen LogP contribution in [0.4, 0.5) is 27.5 Å². The molecule has 8 nitrogen and oxygen atoms in total. The molecule has 9 heteroatoms. The second-order valence-electron chi connectivity index (χ2n) is 6.67. The highest BCUT2D eigenvalue weighted by molar-refractivity contribution is 5.78. The van der Waals surface area contributed by atoms with Crippen LogP contribution in [0.15, 0.2) is 45.7 Å². The summed E-state index contributed by atoms with van der Waals surface area (Å²) in [5.74, 6) is -0.0417. The van der Waals surface area contributed by atoms with E-state index in [4.69, 9.17) is 9.15 Å². The summed E-state index contributed by atoms with van der Waals surface area (Å²) in [5.41, 5.74) is 3.53. The fourth-order valence-corrected chi connectivity index (χ4v) is 3.11. The Bertz CT molecular complexity index is 1280. The van der Waals surface area contributed by atoms with Gasteiger partial charge in [-0.2, -0.15) is 4.98 Å². The van der Waals surface area contributed by atoms with Crippen molar-refractivity contribution >= 4 is 34.2 Å². The number of aryl methyl sites for hydroxylation is 2. The number of aromatic nitrogens is 3. The van der Waals surface area contributed by atoms with Crippen molar-refractivity contribution in [3.8, 4) is 5.75 Å². The molecule has 0 saturated heterocycles. The molecule has 0 atom stereocenters. The van der Waals surface area contributed by atoms with Crippen molar-refractivity contribution < 1.29 is 13.5 Å². The third-order valence-electron chi connectivity index (χ3n) is 4.66. The number of halogens is 1. The van der Waals surface area contributed by atoms with Crippen LogP contribution in [-0.2, 0) is 6.42 Å². The Morgan fingerprint density at radius 3 is 2.83 bits per heavy atom. The quantitative estimate of drug-likeness (QED) is 0.433. The molecule has 4 aromatic rings. The minimum atomic E-state index is -0.515. The molecule has 0 amide bonds. The van der Waals surface area contributed by atoms with Gasteiger partial charge in [0.15, 0.2) is 17.1 Å². The van der Waals surface area contributed by atoms with Crippen LogP contribution in [0.3, 0.4) is 0 Å². The molecule has 0 radical (unpaired) electrons.